The van der Waals surface area contributed by atoms with Crippen molar-refractivity contribution < 1.29 is 0 Å². The number of hydrogen-bond donors (Lipinski definition) is 1. The van der Waals surface area contributed by atoms with Gasteiger partial charge in [-0.15, -0.1) is 0 Å². The molecule has 2 aromatic carbocycles. The first-order valence-corrected chi connectivity index (χ1v) is 5.87. The van der Waals surface area contributed by atoms with Gasteiger partial charge in [-0.05, 0) is 30.2 Å². The number of nitrogens with one attached hydrogen (secondary N) is 1. The fourth-order valence-electron chi connectivity index (χ4n) is 1.69. The lowest BCUT2D eigenvalue weighted by Gasteiger charge is -2.03. The average molecular weight is 223 g/mol. The molecule has 1 N–H and O–H groups in total. The molecule has 0 aliphatic rings. The van der Waals surface area contributed by atoms with Crippen LogP contribution in [0.25, 0.3) is 6.08 Å². The lowest BCUT2D eigenvalue weighted by atomic mass is 10.2. The molecular formula is C16H17N. The Morgan fingerprint density at radius 2 is 1.82 bits per heavy atom. The van der Waals surface area contributed by atoms with Gasteiger partial charge in [0.25, 0.3) is 0 Å². The van der Waals surface area contributed by atoms with Crippen LogP contribution < -0.4 is 5.32 Å². The first-order chi connectivity index (χ1) is 8.34. The minimum absolute atomic E-state index is 0.846. The number of benzene rings is 2. The van der Waals surface area contributed by atoms with Crippen molar-refractivity contribution in [3.8, 4) is 0 Å². The molecule has 1 heteroatoms. The summed E-state index contributed by atoms with van der Waals surface area (Å²) in [6, 6.07) is 18.7. The molecule has 86 valence electrons. The lowest BCUT2D eigenvalue weighted by Crippen LogP contribution is -1.97. The van der Waals surface area contributed by atoms with Crippen LogP contribution in [0.5, 0.6) is 0 Å². The Morgan fingerprint density at radius 3 is 2.59 bits per heavy atom. The molecule has 2 rings (SSSR count). The summed E-state index contributed by atoms with van der Waals surface area (Å²) in [7, 11) is 0. The van der Waals surface area contributed by atoms with E-state index in [4.69, 9.17) is 0 Å². The maximum atomic E-state index is 3.37. The Hall–Kier alpha value is -2.02. The molecule has 0 bridgehead atoms. The average Bonchev–Trinajstić information content (AvgIpc) is 2.36. The zero-order chi connectivity index (χ0) is 11.9. The molecule has 0 heterocycles. The van der Waals surface area contributed by atoms with Crippen LogP contribution in [0.4, 0.5) is 5.69 Å². The van der Waals surface area contributed by atoms with Crippen molar-refractivity contribution in [2.45, 2.75) is 6.92 Å². The zero-order valence-electron chi connectivity index (χ0n) is 10.1. The highest BCUT2D eigenvalue weighted by atomic mass is 14.8. The van der Waals surface area contributed by atoms with Crippen molar-refractivity contribution >= 4 is 11.8 Å². The molecule has 0 radical (unpaired) electrons. The molecule has 0 aliphatic heterocycles. The van der Waals surface area contributed by atoms with Gasteiger partial charge in [-0.2, -0.15) is 0 Å². The van der Waals surface area contributed by atoms with Gasteiger partial charge in [-0.3, -0.25) is 0 Å². The van der Waals surface area contributed by atoms with Gasteiger partial charge in [-0.1, -0.05) is 54.6 Å². The van der Waals surface area contributed by atoms with Crippen molar-refractivity contribution in [2.75, 3.05) is 11.9 Å². The van der Waals surface area contributed by atoms with Gasteiger partial charge in [0.15, 0.2) is 0 Å². The molecular weight excluding hydrogens is 206 g/mol. The Kier molecular flexibility index (Phi) is 3.98. The zero-order valence-corrected chi connectivity index (χ0v) is 10.1. The van der Waals surface area contributed by atoms with E-state index in [-0.39, 0.29) is 0 Å². The third-order valence-corrected chi connectivity index (χ3v) is 2.55. The van der Waals surface area contributed by atoms with Crippen LogP contribution >= 0.6 is 0 Å². The quantitative estimate of drug-likeness (QED) is 0.822. The van der Waals surface area contributed by atoms with Crippen LogP contribution in [0.3, 0.4) is 0 Å². The van der Waals surface area contributed by atoms with Crippen molar-refractivity contribution in [3.05, 3.63) is 71.8 Å². The summed E-state index contributed by atoms with van der Waals surface area (Å²) in [5.41, 5.74) is 3.68. The van der Waals surface area contributed by atoms with E-state index < -0.39 is 0 Å². The summed E-state index contributed by atoms with van der Waals surface area (Å²) in [6.45, 7) is 2.95. The minimum Gasteiger partial charge on any atom is -0.382 e. The highest BCUT2D eigenvalue weighted by Crippen LogP contribution is 2.09. The molecule has 0 saturated carbocycles. The molecule has 0 unspecified atom stereocenters. The van der Waals surface area contributed by atoms with Crippen molar-refractivity contribution in [2.24, 2.45) is 0 Å². The molecule has 0 saturated heterocycles. The summed E-state index contributed by atoms with van der Waals surface area (Å²) in [4.78, 5) is 0. The van der Waals surface area contributed by atoms with E-state index in [1.165, 1.54) is 16.8 Å². The van der Waals surface area contributed by atoms with Crippen LogP contribution in [0.2, 0.25) is 0 Å². The van der Waals surface area contributed by atoms with Gasteiger partial charge in [0, 0.05) is 12.2 Å². The summed E-state index contributed by atoms with van der Waals surface area (Å²) in [6.07, 6.45) is 4.26. The van der Waals surface area contributed by atoms with Gasteiger partial charge >= 0.3 is 0 Å². The molecule has 0 amide bonds. The maximum absolute atomic E-state index is 3.37. The van der Waals surface area contributed by atoms with E-state index in [2.05, 4.69) is 60.8 Å². The first-order valence-electron chi connectivity index (χ1n) is 5.87. The maximum Gasteiger partial charge on any atom is 0.0345 e. The Balaban J connectivity index is 1.86. The summed E-state index contributed by atoms with van der Waals surface area (Å²) >= 11 is 0. The molecule has 0 spiro atoms. The molecule has 2 aromatic rings. The van der Waals surface area contributed by atoms with Crippen LogP contribution in [0.1, 0.15) is 11.1 Å². The monoisotopic (exact) mass is 223 g/mol. The second-order valence-corrected chi connectivity index (χ2v) is 4.06. The summed E-state index contributed by atoms with van der Waals surface area (Å²) in [5, 5.41) is 3.37. The largest absolute Gasteiger partial charge is 0.382 e. The van der Waals surface area contributed by atoms with Gasteiger partial charge in [0.05, 0.1) is 0 Å². The van der Waals surface area contributed by atoms with Crippen LogP contribution in [-0.4, -0.2) is 6.54 Å². The SMILES string of the molecule is Cc1cccc(NCC=Cc2ccccc2)c1. The topological polar surface area (TPSA) is 12.0 Å². The predicted molar refractivity (Wildman–Crippen MR) is 75.1 cm³/mol. The van der Waals surface area contributed by atoms with Gasteiger partial charge in [0.1, 0.15) is 0 Å². The Labute approximate surface area is 103 Å². The second kappa shape index (κ2) is 5.90. The normalized spacial score (nSPS) is 10.6. The van der Waals surface area contributed by atoms with E-state index in [1.54, 1.807) is 0 Å². The third kappa shape index (κ3) is 3.80. The van der Waals surface area contributed by atoms with Gasteiger partial charge in [0.2, 0.25) is 0 Å². The highest BCUT2D eigenvalue weighted by Gasteiger charge is 1.89. The molecule has 17 heavy (non-hydrogen) atoms. The molecule has 0 aromatic heterocycles. The molecule has 1 nitrogen and oxygen atoms in total. The smallest absolute Gasteiger partial charge is 0.0345 e. The Bertz CT molecular complexity index is 486. The van der Waals surface area contributed by atoms with E-state index in [9.17, 15) is 0 Å². The molecule has 0 fully saturated rings. The van der Waals surface area contributed by atoms with E-state index in [1.807, 2.05) is 18.2 Å². The molecule has 0 atom stereocenters. The lowest BCUT2D eigenvalue weighted by molar-refractivity contribution is 1.33. The van der Waals surface area contributed by atoms with Crippen molar-refractivity contribution in [3.63, 3.8) is 0 Å². The fraction of sp³-hybridized carbons (Fsp3) is 0.125. The van der Waals surface area contributed by atoms with Crippen molar-refractivity contribution in [1.82, 2.24) is 0 Å². The number of hydrogen-bond acceptors (Lipinski definition) is 1. The van der Waals surface area contributed by atoms with E-state index >= 15 is 0 Å². The fourth-order valence-corrected chi connectivity index (χ4v) is 1.69. The predicted octanol–water partition coefficient (Wildman–Crippen LogP) is 4.12. The first kappa shape index (κ1) is 11.5. The minimum atomic E-state index is 0.846. The number of aryl methyl sites for hydroxylation is 1. The summed E-state index contributed by atoms with van der Waals surface area (Å²) in [5.74, 6) is 0. The molecule has 0 aliphatic carbocycles. The summed E-state index contributed by atoms with van der Waals surface area (Å²) < 4.78 is 0. The van der Waals surface area contributed by atoms with Crippen LogP contribution in [0.15, 0.2) is 60.7 Å². The Morgan fingerprint density at radius 1 is 1.00 bits per heavy atom. The highest BCUT2D eigenvalue weighted by molar-refractivity contribution is 5.51. The number of rotatable bonds is 4. The standard InChI is InChI=1S/C16H17N/c1-14-7-5-11-16(13-14)17-12-6-10-15-8-3-2-4-9-15/h2-11,13,17H,12H2,1H3. The van der Waals surface area contributed by atoms with Crippen LogP contribution in [-0.2, 0) is 0 Å². The van der Waals surface area contributed by atoms with Crippen LogP contribution in [0, 0.1) is 6.92 Å². The second-order valence-electron chi connectivity index (χ2n) is 4.06. The van der Waals surface area contributed by atoms with E-state index in [0.717, 1.165) is 6.54 Å². The van der Waals surface area contributed by atoms with Gasteiger partial charge < -0.3 is 5.32 Å². The third-order valence-electron chi connectivity index (χ3n) is 2.55. The van der Waals surface area contributed by atoms with Gasteiger partial charge in [-0.25, -0.2) is 0 Å². The van der Waals surface area contributed by atoms with E-state index in [0.29, 0.717) is 0 Å². The van der Waals surface area contributed by atoms with Crippen molar-refractivity contribution in [1.29, 1.82) is 0 Å². The number of anilines is 1.